The van der Waals surface area contributed by atoms with Gasteiger partial charge in [0.1, 0.15) is 11.2 Å². The summed E-state index contributed by atoms with van der Waals surface area (Å²) in [6, 6.07) is 72.4. The molecule has 4 nitrogen and oxygen atoms in total. The first-order chi connectivity index (χ1) is 28.8. The van der Waals surface area contributed by atoms with Crippen LogP contribution >= 0.6 is 0 Å². The predicted molar refractivity (Wildman–Crippen MR) is 242 cm³/mol. The molecule has 4 heteroatoms. The second-order valence-electron chi connectivity index (χ2n) is 15.3. The zero-order chi connectivity index (χ0) is 37.9. The molecule has 9 aromatic carbocycles. The summed E-state index contributed by atoms with van der Waals surface area (Å²) in [5.41, 5.74) is 14.6. The van der Waals surface area contributed by atoms with Crippen LogP contribution in [0.15, 0.2) is 205 Å². The molecule has 58 heavy (non-hydrogen) atoms. The zero-order valence-electron chi connectivity index (χ0n) is 31.3. The number of rotatable bonds is 4. The van der Waals surface area contributed by atoms with Gasteiger partial charge in [0.25, 0.3) is 0 Å². The second-order valence-corrected chi connectivity index (χ2v) is 15.3. The van der Waals surface area contributed by atoms with Crippen LogP contribution in [0.3, 0.4) is 0 Å². The molecule has 0 N–H and O–H groups in total. The summed E-state index contributed by atoms with van der Waals surface area (Å²) in [6.07, 6.45) is 0. The van der Waals surface area contributed by atoms with Crippen molar-refractivity contribution >= 4 is 87.4 Å². The quantitative estimate of drug-likeness (QED) is 0.177. The van der Waals surface area contributed by atoms with Crippen LogP contribution in [0.25, 0.3) is 116 Å². The van der Waals surface area contributed by atoms with Crippen LogP contribution in [0, 0.1) is 0 Å². The number of hydrogen-bond donors (Lipinski definition) is 0. The van der Waals surface area contributed by atoms with Gasteiger partial charge < -0.3 is 18.1 Å². The van der Waals surface area contributed by atoms with Crippen LogP contribution < -0.4 is 0 Å². The van der Waals surface area contributed by atoms with Crippen molar-refractivity contribution in [1.29, 1.82) is 0 Å². The minimum absolute atomic E-state index is 0.875. The summed E-state index contributed by atoms with van der Waals surface area (Å²) in [4.78, 5) is 0. The molecule has 0 aliphatic rings. The number of aromatic nitrogens is 3. The predicted octanol–water partition coefficient (Wildman–Crippen LogP) is 14.5. The van der Waals surface area contributed by atoms with E-state index in [2.05, 4.69) is 214 Å². The van der Waals surface area contributed by atoms with Gasteiger partial charge in [-0.05, 0) is 102 Å². The molecule has 4 aromatic heterocycles. The highest BCUT2D eigenvalue weighted by Crippen LogP contribution is 2.43. The lowest BCUT2D eigenvalue weighted by Crippen LogP contribution is -1.95. The number of furan rings is 1. The van der Waals surface area contributed by atoms with Crippen molar-refractivity contribution in [2.45, 2.75) is 0 Å². The first-order valence-electron chi connectivity index (χ1n) is 19.8. The molecule has 0 bridgehead atoms. The van der Waals surface area contributed by atoms with Crippen molar-refractivity contribution in [1.82, 2.24) is 13.7 Å². The van der Waals surface area contributed by atoms with E-state index >= 15 is 0 Å². The van der Waals surface area contributed by atoms with Crippen molar-refractivity contribution in [3.05, 3.63) is 200 Å². The third-order valence-corrected chi connectivity index (χ3v) is 12.2. The second kappa shape index (κ2) is 11.8. The van der Waals surface area contributed by atoms with Crippen LogP contribution in [0.4, 0.5) is 0 Å². The monoisotopic (exact) mass is 739 g/mol. The molecule has 0 aliphatic heterocycles. The van der Waals surface area contributed by atoms with E-state index in [4.69, 9.17) is 4.42 Å². The highest BCUT2D eigenvalue weighted by atomic mass is 16.3. The van der Waals surface area contributed by atoms with Crippen LogP contribution in [-0.4, -0.2) is 13.7 Å². The molecule has 270 valence electrons. The lowest BCUT2D eigenvalue weighted by Gasteiger charge is -2.11. The van der Waals surface area contributed by atoms with E-state index in [0.717, 1.165) is 50.1 Å². The normalized spacial score (nSPS) is 12.1. The molecule has 0 spiro atoms. The molecule has 0 amide bonds. The third-order valence-electron chi connectivity index (χ3n) is 12.2. The van der Waals surface area contributed by atoms with Crippen molar-refractivity contribution in [3.63, 3.8) is 0 Å². The standard InChI is InChI=1S/C54H33N3O/c1-3-14-35(15-4-1)55-46-22-10-7-18-39(46)42-30-34(26-28-49(42)55)38-21-13-25-53-54(38)45-31-37(27-29-52(45)58-53)57-48-24-12-9-20-41(48)44-32-43-40-19-8-11-23-47(40)56(50(43)33-51(44)57)36-16-5-2-6-17-36/h1-33H. The lowest BCUT2D eigenvalue weighted by molar-refractivity contribution is 0.669. The van der Waals surface area contributed by atoms with Crippen LogP contribution in [-0.2, 0) is 0 Å². The largest absolute Gasteiger partial charge is 0.456 e. The van der Waals surface area contributed by atoms with Crippen molar-refractivity contribution < 1.29 is 4.42 Å². The average Bonchev–Trinajstić information content (AvgIpc) is 4.02. The van der Waals surface area contributed by atoms with E-state index in [-0.39, 0.29) is 0 Å². The molecule has 0 unspecified atom stereocenters. The fourth-order valence-electron chi connectivity index (χ4n) is 9.75. The van der Waals surface area contributed by atoms with E-state index in [1.54, 1.807) is 0 Å². The molecule has 0 saturated heterocycles. The maximum absolute atomic E-state index is 6.62. The molecular formula is C54H33N3O. The minimum Gasteiger partial charge on any atom is -0.456 e. The highest BCUT2D eigenvalue weighted by Gasteiger charge is 2.21. The SMILES string of the molecule is c1ccc(-n2c3ccccc3c3cc(-c4cccc5oc6ccc(-n7c8ccccc8c8cc9c%10ccccc%10n(-c%10ccccc%10)c9cc87)cc6c45)ccc32)cc1. The Labute approximate surface area is 332 Å². The van der Waals surface area contributed by atoms with Gasteiger partial charge >= 0.3 is 0 Å². The summed E-state index contributed by atoms with van der Waals surface area (Å²) >= 11 is 0. The van der Waals surface area contributed by atoms with Crippen LogP contribution in [0.1, 0.15) is 0 Å². The Hall–Kier alpha value is -7.82. The van der Waals surface area contributed by atoms with Gasteiger partial charge in [0.15, 0.2) is 0 Å². The van der Waals surface area contributed by atoms with Gasteiger partial charge in [0.2, 0.25) is 0 Å². The third kappa shape index (κ3) is 4.34. The topological polar surface area (TPSA) is 27.9 Å². The van der Waals surface area contributed by atoms with E-state index in [1.807, 2.05) is 0 Å². The maximum atomic E-state index is 6.62. The number of fused-ring (bicyclic) bond motifs is 12. The van der Waals surface area contributed by atoms with Gasteiger partial charge in [-0.3, -0.25) is 0 Å². The highest BCUT2D eigenvalue weighted by molar-refractivity contribution is 6.20. The van der Waals surface area contributed by atoms with Crippen molar-refractivity contribution in [3.8, 4) is 28.2 Å². The van der Waals surface area contributed by atoms with Gasteiger partial charge in [-0.1, -0.05) is 109 Å². The first-order valence-corrected chi connectivity index (χ1v) is 19.8. The number of benzene rings is 9. The molecule has 13 rings (SSSR count). The molecule has 0 saturated carbocycles. The summed E-state index contributed by atoms with van der Waals surface area (Å²) in [7, 11) is 0. The zero-order valence-corrected chi connectivity index (χ0v) is 31.3. The number of hydrogen-bond acceptors (Lipinski definition) is 1. The fourth-order valence-corrected chi connectivity index (χ4v) is 9.75. The van der Waals surface area contributed by atoms with E-state index < -0.39 is 0 Å². The Morgan fingerprint density at radius 3 is 1.41 bits per heavy atom. The summed E-state index contributed by atoms with van der Waals surface area (Å²) < 4.78 is 13.8. The molecule has 0 atom stereocenters. The number of para-hydroxylation sites is 5. The lowest BCUT2D eigenvalue weighted by atomic mass is 9.97. The van der Waals surface area contributed by atoms with Gasteiger partial charge in [-0.2, -0.15) is 0 Å². The fraction of sp³-hybridized carbons (Fsp3) is 0. The molecule has 0 aliphatic carbocycles. The van der Waals surface area contributed by atoms with Gasteiger partial charge in [0.05, 0.1) is 33.1 Å². The van der Waals surface area contributed by atoms with Crippen LogP contribution in [0.2, 0.25) is 0 Å². The van der Waals surface area contributed by atoms with E-state index in [1.165, 1.54) is 65.4 Å². The Bertz CT molecular complexity index is 3790. The summed E-state index contributed by atoms with van der Waals surface area (Å²) in [5, 5.41) is 9.66. The van der Waals surface area contributed by atoms with E-state index in [0.29, 0.717) is 0 Å². The average molecular weight is 740 g/mol. The Kier molecular flexibility index (Phi) is 6.41. The van der Waals surface area contributed by atoms with Gasteiger partial charge in [0, 0.05) is 60.2 Å². The Balaban J connectivity index is 1.06. The van der Waals surface area contributed by atoms with E-state index in [9.17, 15) is 0 Å². The van der Waals surface area contributed by atoms with Crippen molar-refractivity contribution in [2.24, 2.45) is 0 Å². The molecule has 0 fully saturated rings. The number of nitrogens with zero attached hydrogens (tertiary/aromatic N) is 3. The first kappa shape index (κ1) is 31.4. The minimum atomic E-state index is 0.875. The van der Waals surface area contributed by atoms with Gasteiger partial charge in [-0.15, -0.1) is 0 Å². The van der Waals surface area contributed by atoms with Crippen molar-refractivity contribution in [2.75, 3.05) is 0 Å². The molecular weight excluding hydrogens is 707 g/mol. The molecule has 13 aromatic rings. The van der Waals surface area contributed by atoms with Gasteiger partial charge in [-0.25, -0.2) is 0 Å². The molecule has 0 radical (unpaired) electrons. The Morgan fingerprint density at radius 2 is 0.793 bits per heavy atom. The van der Waals surface area contributed by atoms with Crippen LogP contribution in [0.5, 0.6) is 0 Å². The summed E-state index contributed by atoms with van der Waals surface area (Å²) in [5.74, 6) is 0. The molecule has 4 heterocycles. The summed E-state index contributed by atoms with van der Waals surface area (Å²) in [6.45, 7) is 0. The smallest absolute Gasteiger partial charge is 0.136 e. The Morgan fingerprint density at radius 1 is 0.276 bits per heavy atom. The maximum Gasteiger partial charge on any atom is 0.136 e.